The number of azide groups is 1. The molecular formula is C24H27N5O8. The van der Waals surface area contributed by atoms with E-state index in [0.29, 0.717) is 0 Å². The summed E-state index contributed by atoms with van der Waals surface area (Å²) in [7, 11) is 0. The Bertz CT molecular complexity index is 1310. The van der Waals surface area contributed by atoms with Gasteiger partial charge in [0, 0.05) is 22.7 Å². The highest BCUT2D eigenvalue weighted by atomic mass is 16.7. The summed E-state index contributed by atoms with van der Waals surface area (Å²) in [5.74, 6) is -0.546. The molecule has 8 atom stereocenters. The normalized spacial score (nSPS) is 33.1. The second kappa shape index (κ2) is 9.77. The molecule has 13 heteroatoms. The molecular weight excluding hydrogens is 486 g/mol. The maximum atomic E-state index is 12.9. The summed E-state index contributed by atoms with van der Waals surface area (Å²) in [4.78, 5) is 42.4. The van der Waals surface area contributed by atoms with Crippen LogP contribution < -0.4 is 11.2 Å². The van der Waals surface area contributed by atoms with E-state index in [4.69, 9.17) is 23.7 Å². The van der Waals surface area contributed by atoms with Crippen LogP contribution in [-0.2, 0) is 28.5 Å². The molecule has 2 aromatic rings. The van der Waals surface area contributed by atoms with E-state index in [1.165, 1.54) is 6.20 Å². The standard InChI is InChI=1S/C24H27N5O8/c1-24(2,3)22(31)37-19-18-17(35-20(19)29-10-9-14(30)26-23(29)32)15(27-28-25)16-13(34-18)11-33-21(36-16)12-7-5-4-6-8-12/h4-10,13,15-21H,11H2,1-3H3,(H,26,30,32)/t13-,15-,16+,17-,18-,19-,20-,21+/m1/s1. The largest absolute Gasteiger partial charge is 0.454 e. The van der Waals surface area contributed by atoms with Gasteiger partial charge in [0.1, 0.15) is 24.4 Å². The van der Waals surface area contributed by atoms with Crippen molar-refractivity contribution in [2.24, 2.45) is 10.5 Å². The molecule has 0 unspecified atom stereocenters. The fraction of sp³-hybridized carbons (Fsp3) is 0.542. The molecule has 3 saturated heterocycles. The average molecular weight is 514 g/mol. The summed E-state index contributed by atoms with van der Waals surface area (Å²) < 4.78 is 31.5. The molecule has 1 aromatic heterocycles. The van der Waals surface area contributed by atoms with Gasteiger partial charge in [-0.1, -0.05) is 35.4 Å². The lowest BCUT2D eigenvalue weighted by Gasteiger charge is -2.46. The van der Waals surface area contributed by atoms with Crippen molar-refractivity contribution in [2.75, 3.05) is 6.61 Å². The maximum Gasteiger partial charge on any atom is 0.330 e. The first-order chi connectivity index (χ1) is 17.7. The van der Waals surface area contributed by atoms with Gasteiger partial charge in [0.05, 0.1) is 18.1 Å². The molecule has 0 aliphatic carbocycles. The number of hydrogen-bond acceptors (Lipinski definition) is 9. The summed E-state index contributed by atoms with van der Waals surface area (Å²) in [6, 6.07) is 9.56. The number of esters is 1. The van der Waals surface area contributed by atoms with Crippen molar-refractivity contribution in [3.63, 3.8) is 0 Å². The number of rotatable bonds is 4. The Morgan fingerprint density at radius 3 is 2.54 bits per heavy atom. The smallest absolute Gasteiger partial charge is 0.330 e. The van der Waals surface area contributed by atoms with Crippen LogP contribution >= 0.6 is 0 Å². The minimum Gasteiger partial charge on any atom is -0.454 e. The fourth-order valence-electron chi connectivity index (χ4n) is 4.70. The zero-order chi connectivity index (χ0) is 26.3. The molecule has 1 N–H and O–H groups in total. The lowest BCUT2D eigenvalue weighted by atomic mass is 9.91. The van der Waals surface area contributed by atoms with Crippen molar-refractivity contribution in [2.45, 2.75) is 69.9 Å². The van der Waals surface area contributed by atoms with Crippen molar-refractivity contribution in [3.05, 3.63) is 79.4 Å². The lowest BCUT2D eigenvalue weighted by molar-refractivity contribution is -0.305. The number of hydrogen-bond donors (Lipinski definition) is 1. The summed E-state index contributed by atoms with van der Waals surface area (Å²) >= 11 is 0. The summed E-state index contributed by atoms with van der Waals surface area (Å²) in [6.45, 7) is 5.19. The highest BCUT2D eigenvalue weighted by Gasteiger charge is 2.60. The van der Waals surface area contributed by atoms with Crippen LogP contribution in [0.25, 0.3) is 10.4 Å². The number of benzene rings is 1. The number of H-pyrrole nitrogens is 1. The van der Waals surface area contributed by atoms with Gasteiger partial charge in [-0.2, -0.15) is 0 Å². The molecule has 5 rings (SSSR count). The Morgan fingerprint density at radius 2 is 1.86 bits per heavy atom. The van der Waals surface area contributed by atoms with Crippen molar-refractivity contribution >= 4 is 5.97 Å². The van der Waals surface area contributed by atoms with Crippen molar-refractivity contribution in [1.82, 2.24) is 9.55 Å². The first-order valence-electron chi connectivity index (χ1n) is 11.9. The number of aromatic nitrogens is 2. The van der Waals surface area contributed by atoms with Gasteiger partial charge < -0.3 is 23.7 Å². The zero-order valence-corrected chi connectivity index (χ0v) is 20.4. The lowest BCUT2D eigenvalue weighted by Crippen LogP contribution is -2.61. The molecule has 3 fully saturated rings. The van der Waals surface area contributed by atoms with Crippen LogP contribution in [-0.4, -0.2) is 58.7 Å². The first-order valence-corrected chi connectivity index (χ1v) is 11.9. The first kappa shape index (κ1) is 25.2. The monoisotopic (exact) mass is 513 g/mol. The second-order valence-corrected chi connectivity index (χ2v) is 10.1. The van der Waals surface area contributed by atoms with E-state index in [-0.39, 0.29) is 6.61 Å². The number of nitrogens with zero attached hydrogens (tertiary/aromatic N) is 4. The SMILES string of the molecule is CC(C)(C)C(=O)O[C@@H]1[C@@H]2O[C@@H]3CO[C@H](c4ccccc4)O[C@@H]3[C@@H](N=[N+]=[N-])[C@H]2O[C@H]1n1ccc(=O)[nH]c1=O. The van der Waals surface area contributed by atoms with Crippen molar-refractivity contribution in [1.29, 1.82) is 0 Å². The zero-order valence-electron chi connectivity index (χ0n) is 20.4. The molecule has 0 amide bonds. The second-order valence-electron chi connectivity index (χ2n) is 10.1. The predicted octanol–water partition coefficient (Wildman–Crippen LogP) is 1.95. The molecule has 196 valence electrons. The van der Waals surface area contributed by atoms with Gasteiger partial charge in [0.2, 0.25) is 0 Å². The molecule has 0 spiro atoms. The number of carbonyl (C=O) groups is 1. The van der Waals surface area contributed by atoms with Crippen LogP contribution in [0.15, 0.2) is 57.3 Å². The van der Waals surface area contributed by atoms with Gasteiger partial charge in [-0.15, -0.1) is 0 Å². The Morgan fingerprint density at radius 1 is 1.11 bits per heavy atom. The molecule has 0 radical (unpaired) electrons. The van der Waals surface area contributed by atoms with Gasteiger partial charge in [0.25, 0.3) is 5.56 Å². The van der Waals surface area contributed by atoms with E-state index in [0.717, 1.165) is 16.2 Å². The van der Waals surface area contributed by atoms with E-state index < -0.39 is 71.7 Å². The fourth-order valence-corrected chi connectivity index (χ4v) is 4.70. The molecule has 0 saturated carbocycles. The minimum absolute atomic E-state index is 0.119. The Hall–Kier alpha value is -3.48. The topological polar surface area (TPSA) is 167 Å². The van der Waals surface area contributed by atoms with Crippen LogP contribution in [0.2, 0.25) is 0 Å². The third kappa shape index (κ3) is 4.79. The Balaban J connectivity index is 1.51. The highest BCUT2D eigenvalue weighted by molar-refractivity contribution is 5.75. The van der Waals surface area contributed by atoms with Crippen LogP contribution in [0, 0.1) is 5.41 Å². The molecule has 13 nitrogen and oxygen atoms in total. The van der Waals surface area contributed by atoms with E-state index >= 15 is 0 Å². The Labute approximate surface area is 210 Å². The highest BCUT2D eigenvalue weighted by Crippen LogP contribution is 2.44. The number of nitrogens with one attached hydrogen (secondary N) is 1. The average Bonchev–Trinajstić information content (AvgIpc) is 3.21. The van der Waals surface area contributed by atoms with E-state index in [1.54, 1.807) is 20.8 Å². The van der Waals surface area contributed by atoms with Gasteiger partial charge in [-0.25, -0.2) is 4.79 Å². The molecule has 3 aliphatic heterocycles. The number of fused-ring (bicyclic) bond motifs is 2. The summed E-state index contributed by atoms with van der Waals surface area (Å²) in [6.07, 6.45) is -4.95. The van der Waals surface area contributed by atoms with E-state index in [1.807, 2.05) is 30.3 Å². The van der Waals surface area contributed by atoms with Crippen molar-refractivity contribution < 1.29 is 28.5 Å². The summed E-state index contributed by atoms with van der Waals surface area (Å²) in [5, 5.41) is 3.98. The minimum atomic E-state index is -1.16. The number of aromatic amines is 1. The van der Waals surface area contributed by atoms with Gasteiger partial charge in [-0.05, 0) is 26.3 Å². The number of ether oxygens (including phenoxy) is 5. The quantitative estimate of drug-likeness (QED) is 0.280. The van der Waals surface area contributed by atoms with E-state index in [2.05, 4.69) is 15.0 Å². The van der Waals surface area contributed by atoms with Crippen LogP contribution in [0.1, 0.15) is 38.9 Å². The third-order valence-corrected chi connectivity index (χ3v) is 6.53. The number of carbonyl (C=O) groups excluding carboxylic acids is 1. The molecule has 3 aliphatic rings. The molecule has 1 aromatic carbocycles. The maximum absolute atomic E-state index is 12.9. The molecule has 4 heterocycles. The van der Waals surface area contributed by atoms with Crippen LogP contribution in [0.4, 0.5) is 0 Å². The van der Waals surface area contributed by atoms with Crippen molar-refractivity contribution in [3.8, 4) is 0 Å². The van der Waals surface area contributed by atoms with Gasteiger partial charge in [-0.3, -0.25) is 19.1 Å². The Kier molecular flexibility index (Phi) is 6.65. The van der Waals surface area contributed by atoms with Crippen LogP contribution in [0.3, 0.4) is 0 Å². The van der Waals surface area contributed by atoms with E-state index in [9.17, 15) is 19.9 Å². The molecule has 37 heavy (non-hydrogen) atoms. The molecule has 0 bridgehead atoms. The third-order valence-electron chi connectivity index (χ3n) is 6.53. The van der Waals surface area contributed by atoms with Crippen LogP contribution in [0.5, 0.6) is 0 Å². The predicted molar refractivity (Wildman–Crippen MR) is 126 cm³/mol. The van der Waals surface area contributed by atoms with Gasteiger partial charge >= 0.3 is 11.7 Å². The summed E-state index contributed by atoms with van der Waals surface area (Å²) in [5.41, 5.74) is 7.96. The van der Waals surface area contributed by atoms with Gasteiger partial charge in [0.15, 0.2) is 18.6 Å².